The van der Waals surface area contributed by atoms with Crippen LogP contribution in [0.2, 0.25) is 0 Å². The molecule has 114 valence electrons. The van der Waals surface area contributed by atoms with E-state index in [4.69, 9.17) is 0 Å². The van der Waals surface area contributed by atoms with Crippen LogP contribution >= 0.6 is 0 Å². The fourth-order valence-electron chi connectivity index (χ4n) is 2.02. The molecule has 1 aromatic carbocycles. The minimum Gasteiger partial charge on any atom is -0.294 e. The van der Waals surface area contributed by atoms with Gasteiger partial charge in [0.05, 0.1) is 0 Å². The zero-order valence-corrected chi connectivity index (χ0v) is 14.1. The van der Waals surface area contributed by atoms with Gasteiger partial charge in [-0.2, -0.15) is 0 Å². The van der Waals surface area contributed by atoms with Gasteiger partial charge in [-0.15, -0.1) is 6.58 Å². The van der Waals surface area contributed by atoms with Crippen LogP contribution in [-0.4, -0.2) is 5.78 Å². The summed E-state index contributed by atoms with van der Waals surface area (Å²) in [5.41, 5.74) is 5.31. The van der Waals surface area contributed by atoms with E-state index in [1.165, 1.54) is 5.57 Å². The lowest BCUT2D eigenvalue weighted by molar-refractivity contribution is 0.0988. The third-order valence-corrected chi connectivity index (χ3v) is 3.28. The molecule has 0 N–H and O–H groups in total. The average Bonchev–Trinajstić information content (AvgIpc) is 2.49. The summed E-state index contributed by atoms with van der Waals surface area (Å²) in [5, 5.41) is 0. The third kappa shape index (κ3) is 5.55. The van der Waals surface area contributed by atoms with Crippen molar-refractivity contribution in [2.75, 3.05) is 0 Å². The fraction of sp³-hybridized carbons (Fsp3) is 0.350. The second-order valence-electron chi connectivity index (χ2n) is 4.99. The zero-order chi connectivity index (χ0) is 16.4. The summed E-state index contributed by atoms with van der Waals surface area (Å²) >= 11 is 0. The molecule has 0 aliphatic heterocycles. The summed E-state index contributed by atoms with van der Waals surface area (Å²) in [6.07, 6.45) is 5.11. The Morgan fingerprint density at radius 1 is 1.14 bits per heavy atom. The van der Waals surface area contributed by atoms with Crippen LogP contribution in [0, 0.1) is 6.92 Å². The van der Waals surface area contributed by atoms with Crippen molar-refractivity contribution in [3.63, 3.8) is 0 Å². The number of benzene rings is 1. The average molecular weight is 284 g/mol. The molecular formula is C20H28O. The SMILES string of the molecule is C=C/C(=C(/C)CC)c1ccc(C)cc1C(=O)CC.C=CC. The van der Waals surface area contributed by atoms with E-state index in [9.17, 15) is 4.79 Å². The van der Waals surface area contributed by atoms with E-state index < -0.39 is 0 Å². The number of ketones is 1. The van der Waals surface area contributed by atoms with Gasteiger partial charge in [0.1, 0.15) is 0 Å². The van der Waals surface area contributed by atoms with E-state index >= 15 is 0 Å². The van der Waals surface area contributed by atoms with E-state index in [0.29, 0.717) is 6.42 Å². The minimum absolute atomic E-state index is 0.192. The number of aryl methyl sites for hydroxylation is 1. The van der Waals surface area contributed by atoms with Gasteiger partial charge in [0.2, 0.25) is 0 Å². The van der Waals surface area contributed by atoms with E-state index in [2.05, 4.69) is 27.0 Å². The first kappa shape index (κ1) is 19.1. The van der Waals surface area contributed by atoms with E-state index in [1.807, 2.05) is 45.0 Å². The molecule has 1 aromatic rings. The lowest BCUT2D eigenvalue weighted by Crippen LogP contribution is -2.03. The Morgan fingerprint density at radius 3 is 2.14 bits per heavy atom. The topological polar surface area (TPSA) is 17.1 Å². The van der Waals surface area contributed by atoms with Crippen molar-refractivity contribution in [3.05, 3.63) is 65.8 Å². The number of hydrogen-bond donors (Lipinski definition) is 0. The normalized spacial score (nSPS) is 10.9. The largest absolute Gasteiger partial charge is 0.294 e. The Hall–Kier alpha value is -1.89. The van der Waals surface area contributed by atoms with Crippen LogP contribution in [0.3, 0.4) is 0 Å². The molecule has 1 rings (SSSR count). The summed E-state index contributed by atoms with van der Waals surface area (Å²) in [5.74, 6) is 0.192. The van der Waals surface area contributed by atoms with Crippen LogP contribution < -0.4 is 0 Å². The van der Waals surface area contributed by atoms with Crippen molar-refractivity contribution in [3.8, 4) is 0 Å². The molecule has 0 atom stereocenters. The molecule has 0 heterocycles. The van der Waals surface area contributed by atoms with Gasteiger partial charge in [-0.3, -0.25) is 4.79 Å². The summed E-state index contributed by atoms with van der Waals surface area (Å²) in [4.78, 5) is 12.1. The van der Waals surface area contributed by atoms with E-state index in [0.717, 1.165) is 28.7 Å². The van der Waals surface area contributed by atoms with Crippen molar-refractivity contribution in [2.45, 2.75) is 47.5 Å². The quantitative estimate of drug-likeness (QED) is 0.360. The highest BCUT2D eigenvalue weighted by molar-refractivity contribution is 6.01. The molecule has 0 aliphatic carbocycles. The van der Waals surface area contributed by atoms with Crippen LogP contribution in [0.1, 0.15) is 62.0 Å². The van der Waals surface area contributed by atoms with Gasteiger partial charge >= 0.3 is 0 Å². The maximum atomic E-state index is 12.1. The Kier molecular flexibility index (Phi) is 9.03. The summed E-state index contributed by atoms with van der Waals surface area (Å²) < 4.78 is 0. The molecule has 0 unspecified atom stereocenters. The Morgan fingerprint density at radius 2 is 1.71 bits per heavy atom. The molecule has 0 fully saturated rings. The van der Waals surface area contributed by atoms with Crippen molar-refractivity contribution in [1.82, 2.24) is 0 Å². The van der Waals surface area contributed by atoms with Crippen LogP contribution in [0.25, 0.3) is 5.57 Å². The lowest BCUT2D eigenvalue weighted by Gasteiger charge is -2.13. The number of rotatable bonds is 5. The predicted octanol–water partition coefficient (Wildman–Crippen LogP) is 6.15. The van der Waals surface area contributed by atoms with Crippen molar-refractivity contribution < 1.29 is 4.79 Å². The molecule has 0 radical (unpaired) electrons. The number of Topliss-reactive ketones (excluding diaryl/α,β-unsaturated/α-hetero) is 1. The molecule has 0 saturated carbocycles. The van der Waals surface area contributed by atoms with Gasteiger partial charge in [-0.25, -0.2) is 0 Å². The van der Waals surface area contributed by atoms with Crippen LogP contribution in [0.5, 0.6) is 0 Å². The number of hydrogen-bond acceptors (Lipinski definition) is 1. The molecule has 1 nitrogen and oxygen atoms in total. The van der Waals surface area contributed by atoms with Crippen molar-refractivity contribution in [1.29, 1.82) is 0 Å². The van der Waals surface area contributed by atoms with Gasteiger partial charge < -0.3 is 0 Å². The summed E-state index contributed by atoms with van der Waals surface area (Å²) in [7, 11) is 0. The standard InChI is InChI=1S/C17H22O.C3H6/c1-6-13(5)14(7-2)15-10-9-12(4)11-16(15)17(18)8-3;1-3-2/h7,9-11H,2,6,8H2,1,3-5H3;3H,1H2,2H3/b14-13+;. The first-order valence-corrected chi connectivity index (χ1v) is 7.50. The molecule has 0 aliphatic rings. The fourth-order valence-corrected chi connectivity index (χ4v) is 2.02. The molecule has 0 saturated heterocycles. The molecule has 0 aromatic heterocycles. The molecule has 0 bridgehead atoms. The molecule has 1 heteroatoms. The van der Waals surface area contributed by atoms with E-state index in [-0.39, 0.29) is 5.78 Å². The maximum Gasteiger partial charge on any atom is 0.163 e. The first-order chi connectivity index (χ1) is 9.96. The zero-order valence-electron chi connectivity index (χ0n) is 14.1. The van der Waals surface area contributed by atoms with Gasteiger partial charge in [-0.05, 0) is 44.4 Å². The second kappa shape index (κ2) is 9.93. The van der Waals surface area contributed by atoms with E-state index in [1.54, 1.807) is 6.08 Å². The van der Waals surface area contributed by atoms with Crippen LogP contribution in [-0.2, 0) is 0 Å². The van der Waals surface area contributed by atoms with Crippen molar-refractivity contribution >= 4 is 11.4 Å². The highest BCUT2D eigenvalue weighted by Crippen LogP contribution is 2.26. The second-order valence-corrected chi connectivity index (χ2v) is 4.99. The van der Waals surface area contributed by atoms with Gasteiger partial charge in [0, 0.05) is 12.0 Å². The monoisotopic (exact) mass is 284 g/mol. The number of carbonyl (C=O) groups excluding carboxylic acids is 1. The summed E-state index contributed by atoms with van der Waals surface area (Å²) in [6, 6.07) is 6.07. The number of allylic oxidation sites excluding steroid dienone is 4. The van der Waals surface area contributed by atoms with Gasteiger partial charge in [0.25, 0.3) is 0 Å². The maximum absolute atomic E-state index is 12.1. The van der Waals surface area contributed by atoms with Crippen LogP contribution in [0.4, 0.5) is 0 Å². The first-order valence-electron chi connectivity index (χ1n) is 7.50. The lowest BCUT2D eigenvalue weighted by atomic mass is 9.91. The van der Waals surface area contributed by atoms with Crippen molar-refractivity contribution in [2.24, 2.45) is 0 Å². The molecule has 0 spiro atoms. The molecular weight excluding hydrogens is 256 g/mol. The predicted molar refractivity (Wildman–Crippen MR) is 94.8 cm³/mol. The Balaban J connectivity index is 0.00000122. The van der Waals surface area contributed by atoms with Gasteiger partial charge in [0.15, 0.2) is 5.78 Å². The third-order valence-electron chi connectivity index (χ3n) is 3.28. The van der Waals surface area contributed by atoms with Crippen LogP contribution in [0.15, 0.2) is 49.1 Å². The Bertz CT molecular complexity index is 533. The minimum atomic E-state index is 0.192. The Labute approximate surface area is 130 Å². The summed E-state index contributed by atoms with van der Waals surface area (Å²) in [6.45, 7) is 17.3. The molecule has 21 heavy (non-hydrogen) atoms. The highest BCUT2D eigenvalue weighted by Gasteiger charge is 2.13. The highest BCUT2D eigenvalue weighted by atomic mass is 16.1. The van der Waals surface area contributed by atoms with Gasteiger partial charge in [-0.1, -0.05) is 55.8 Å². The number of carbonyl (C=O) groups is 1. The smallest absolute Gasteiger partial charge is 0.163 e. The molecule has 0 amide bonds.